The van der Waals surface area contributed by atoms with Crippen molar-refractivity contribution in [3.8, 4) is 5.75 Å². The van der Waals surface area contributed by atoms with Gasteiger partial charge in [-0.15, -0.1) is 13.2 Å². The molecule has 1 heterocycles. The Kier molecular flexibility index (Phi) is 4.69. The standard InChI is InChI=1S/C12H11BrClF3N2O2/c13-8-2-7(21-12(15,16)17)3-9(14)11(8)19-5-6(4-18)1-10(19)20/h2-3,6H,1,4-5,18H2. The molecule has 9 heteroatoms. The summed E-state index contributed by atoms with van der Waals surface area (Å²) in [7, 11) is 0. The van der Waals surface area contributed by atoms with Gasteiger partial charge in [-0.2, -0.15) is 0 Å². The molecule has 1 fully saturated rings. The number of hydrogen-bond donors (Lipinski definition) is 1. The van der Waals surface area contributed by atoms with Crippen LogP contribution in [0, 0.1) is 5.92 Å². The van der Waals surface area contributed by atoms with E-state index in [-0.39, 0.29) is 21.3 Å². The summed E-state index contributed by atoms with van der Waals surface area (Å²) >= 11 is 9.13. The summed E-state index contributed by atoms with van der Waals surface area (Å²) in [5.74, 6) is -0.616. The van der Waals surface area contributed by atoms with E-state index in [9.17, 15) is 18.0 Å². The number of halogens is 5. The second kappa shape index (κ2) is 6.02. The van der Waals surface area contributed by atoms with Gasteiger partial charge in [0.05, 0.1) is 10.7 Å². The van der Waals surface area contributed by atoms with Crippen molar-refractivity contribution >= 4 is 39.1 Å². The van der Waals surface area contributed by atoms with E-state index in [1.54, 1.807) is 0 Å². The Balaban J connectivity index is 2.32. The largest absolute Gasteiger partial charge is 0.573 e. The van der Waals surface area contributed by atoms with Crippen molar-refractivity contribution in [1.29, 1.82) is 0 Å². The van der Waals surface area contributed by atoms with Crippen molar-refractivity contribution in [3.63, 3.8) is 0 Å². The van der Waals surface area contributed by atoms with Crippen molar-refractivity contribution < 1.29 is 22.7 Å². The summed E-state index contributed by atoms with van der Waals surface area (Å²) < 4.78 is 40.7. The molecule has 0 radical (unpaired) electrons. The Hall–Kier alpha value is -0.990. The molecule has 1 aromatic rings. The van der Waals surface area contributed by atoms with Crippen molar-refractivity contribution in [2.75, 3.05) is 18.0 Å². The Morgan fingerprint density at radius 3 is 2.62 bits per heavy atom. The number of ether oxygens (including phenoxy) is 1. The fourth-order valence-corrected chi connectivity index (χ4v) is 3.23. The average Bonchev–Trinajstić information content (AvgIpc) is 2.68. The molecule has 1 aliphatic heterocycles. The van der Waals surface area contributed by atoms with Crippen LogP contribution in [-0.2, 0) is 4.79 Å². The van der Waals surface area contributed by atoms with Gasteiger partial charge in [-0.1, -0.05) is 11.6 Å². The van der Waals surface area contributed by atoms with Gasteiger partial charge in [0.15, 0.2) is 0 Å². The highest BCUT2D eigenvalue weighted by molar-refractivity contribution is 9.10. The number of rotatable bonds is 3. The van der Waals surface area contributed by atoms with Gasteiger partial charge in [0.2, 0.25) is 5.91 Å². The summed E-state index contributed by atoms with van der Waals surface area (Å²) in [6.07, 6.45) is -4.52. The van der Waals surface area contributed by atoms with Crippen LogP contribution < -0.4 is 15.4 Å². The van der Waals surface area contributed by atoms with Gasteiger partial charge in [0, 0.05) is 23.5 Å². The molecule has 0 saturated carbocycles. The first-order valence-corrected chi connectivity index (χ1v) is 7.13. The molecular formula is C12H11BrClF3N2O2. The van der Waals surface area contributed by atoms with Gasteiger partial charge in [0.1, 0.15) is 5.75 Å². The van der Waals surface area contributed by atoms with Crippen molar-refractivity contribution in [2.24, 2.45) is 11.7 Å². The molecular weight excluding hydrogens is 376 g/mol. The first-order valence-electron chi connectivity index (χ1n) is 5.96. The maximum Gasteiger partial charge on any atom is 0.573 e. The topological polar surface area (TPSA) is 55.6 Å². The number of carbonyl (C=O) groups excluding carboxylic acids is 1. The minimum atomic E-state index is -4.81. The van der Waals surface area contributed by atoms with Crippen LogP contribution in [0.25, 0.3) is 0 Å². The molecule has 0 bridgehead atoms. The number of benzene rings is 1. The second-order valence-corrected chi connectivity index (χ2v) is 5.86. The molecule has 1 aliphatic rings. The van der Waals surface area contributed by atoms with Gasteiger partial charge in [0.25, 0.3) is 0 Å². The summed E-state index contributed by atoms with van der Waals surface area (Å²) in [5, 5.41) is -0.00496. The highest BCUT2D eigenvalue weighted by Gasteiger charge is 2.34. The molecule has 0 aromatic heterocycles. The lowest BCUT2D eigenvalue weighted by Crippen LogP contribution is -2.26. The molecule has 1 unspecified atom stereocenters. The third-order valence-electron chi connectivity index (χ3n) is 3.03. The molecule has 0 aliphatic carbocycles. The SMILES string of the molecule is NCC1CC(=O)N(c2c(Cl)cc(OC(F)(F)F)cc2Br)C1. The molecule has 1 aromatic carbocycles. The third-order valence-corrected chi connectivity index (χ3v) is 3.92. The van der Waals surface area contributed by atoms with Crippen LogP contribution in [-0.4, -0.2) is 25.4 Å². The van der Waals surface area contributed by atoms with Crippen molar-refractivity contribution in [1.82, 2.24) is 0 Å². The maximum atomic E-state index is 12.2. The van der Waals surface area contributed by atoms with Crippen molar-refractivity contribution in [3.05, 3.63) is 21.6 Å². The Bertz CT molecular complexity index is 545. The predicted octanol–water partition coefficient (Wildman–Crippen LogP) is 3.31. The van der Waals surface area contributed by atoms with E-state index in [1.165, 1.54) is 4.90 Å². The highest BCUT2D eigenvalue weighted by Crippen LogP contribution is 2.41. The quantitative estimate of drug-likeness (QED) is 0.866. The van der Waals surface area contributed by atoms with E-state index in [0.29, 0.717) is 25.2 Å². The summed E-state index contributed by atoms with van der Waals surface area (Å²) in [6, 6.07) is 2.15. The molecule has 2 N–H and O–H groups in total. The van der Waals surface area contributed by atoms with E-state index in [2.05, 4.69) is 20.7 Å². The van der Waals surface area contributed by atoms with Gasteiger partial charge in [-0.3, -0.25) is 4.79 Å². The molecule has 0 spiro atoms. The van der Waals surface area contributed by atoms with Gasteiger partial charge < -0.3 is 15.4 Å². The average molecular weight is 388 g/mol. The minimum absolute atomic E-state index is 0.00496. The second-order valence-electron chi connectivity index (χ2n) is 4.59. The number of amides is 1. The Morgan fingerprint density at radius 1 is 1.48 bits per heavy atom. The summed E-state index contributed by atoms with van der Waals surface area (Å²) in [5.41, 5.74) is 5.86. The molecule has 1 amide bonds. The van der Waals surface area contributed by atoms with Crippen molar-refractivity contribution in [2.45, 2.75) is 12.8 Å². The molecule has 2 rings (SSSR count). The number of carbonyl (C=O) groups is 1. The van der Waals surface area contributed by atoms with Gasteiger partial charge in [-0.25, -0.2) is 0 Å². The molecule has 4 nitrogen and oxygen atoms in total. The van der Waals surface area contributed by atoms with Gasteiger partial charge in [-0.05, 0) is 34.5 Å². The lowest BCUT2D eigenvalue weighted by atomic mass is 10.1. The van der Waals surface area contributed by atoms with Crippen LogP contribution >= 0.6 is 27.5 Å². The van der Waals surface area contributed by atoms with Crippen LogP contribution in [0.1, 0.15) is 6.42 Å². The highest BCUT2D eigenvalue weighted by atomic mass is 79.9. The van der Waals surface area contributed by atoms with E-state index in [0.717, 1.165) is 12.1 Å². The molecule has 21 heavy (non-hydrogen) atoms. The van der Waals surface area contributed by atoms with E-state index in [4.69, 9.17) is 17.3 Å². The lowest BCUT2D eigenvalue weighted by Gasteiger charge is -2.21. The first-order chi connectivity index (χ1) is 9.71. The van der Waals surface area contributed by atoms with Crippen LogP contribution in [0.3, 0.4) is 0 Å². The smallest absolute Gasteiger partial charge is 0.406 e. The van der Waals surface area contributed by atoms with Crippen LogP contribution in [0.15, 0.2) is 16.6 Å². The van der Waals surface area contributed by atoms with E-state index >= 15 is 0 Å². The van der Waals surface area contributed by atoms with Gasteiger partial charge >= 0.3 is 6.36 Å². The van der Waals surface area contributed by atoms with Crippen LogP contribution in [0.4, 0.5) is 18.9 Å². The zero-order chi connectivity index (χ0) is 15.8. The van der Waals surface area contributed by atoms with Crippen LogP contribution in [0.2, 0.25) is 5.02 Å². The normalized spacial score (nSPS) is 19.2. The number of anilines is 1. The number of nitrogens with zero attached hydrogens (tertiary/aromatic N) is 1. The summed E-state index contributed by atoms with van der Waals surface area (Å²) in [6.45, 7) is 0.736. The lowest BCUT2D eigenvalue weighted by molar-refractivity contribution is -0.274. The molecule has 1 saturated heterocycles. The zero-order valence-corrected chi connectivity index (χ0v) is 12.9. The fraction of sp³-hybridized carbons (Fsp3) is 0.417. The molecule has 1 atom stereocenters. The fourth-order valence-electron chi connectivity index (χ4n) is 2.15. The zero-order valence-electron chi connectivity index (χ0n) is 10.6. The van der Waals surface area contributed by atoms with Crippen LogP contribution in [0.5, 0.6) is 5.75 Å². The predicted molar refractivity (Wildman–Crippen MR) is 75.3 cm³/mol. The summed E-state index contributed by atoms with van der Waals surface area (Å²) in [4.78, 5) is 13.4. The molecule has 116 valence electrons. The minimum Gasteiger partial charge on any atom is -0.406 e. The Morgan fingerprint density at radius 2 is 2.14 bits per heavy atom. The van der Waals surface area contributed by atoms with E-state index < -0.39 is 12.1 Å². The number of nitrogens with two attached hydrogens (primary N) is 1. The number of hydrogen-bond acceptors (Lipinski definition) is 3. The number of alkyl halides is 3. The monoisotopic (exact) mass is 386 g/mol. The first kappa shape index (κ1) is 16.4. The third kappa shape index (κ3) is 3.81. The van der Waals surface area contributed by atoms with E-state index in [1.807, 2.05) is 0 Å². The maximum absolute atomic E-state index is 12.2. The Labute approximate surface area is 132 Å².